The summed E-state index contributed by atoms with van der Waals surface area (Å²) in [5, 5.41) is 0.721. The van der Waals surface area contributed by atoms with E-state index in [1.54, 1.807) is 19.4 Å². The maximum absolute atomic E-state index is 12.6. The van der Waals surface area contributed by atoms with Crippen LogP contribution in [0.5, 0.6) is 5.75 Å². The van der Waals surface area contributed by atoms with Crippen molar-refractivity contribution in [3.05, 3.63) is 29.5 Å². The van der Waals surface area contributed by atoms with Crippen LogP contribution in [-0.2, 0) is 4.74 Å². The molecule has 0 spiro atoms. The van der Waals surface area contributed by atoms with Crippen LogP contribution >= 0.6 is 0 Å². The van der Waals surface area contributed by atoms with Gasteiger partial charge in [0.05, 0.1) is 30.2 Å². The van der Waals surface area contributed by atoms with Crippen LogP contribution in [0.1, 0.15) is 28.8 Å². The number of nitrogens with zero attached hydrogens (tertiary/aromatic N) is 1. The molecule has 3 heterocycles. The summed E-state index contributed by atoms with van der Waals surface area (Å²) in [6, 6.07) is 3.59. The Kier molecular flexibility index (Phi) is 3.50. The number of hydrogen-bond donors (Lipinski definition) is 1. The summed E-state index contributed by atoms with van der Waals surface area (Å²) in [6.07, 6.45) is 9.37. The Balaban J connectivity index is 1.59. The van der Waals surface area contributed by atoms with Crippen LogP contribution in [0.15, 0.2) is 18.3 Å². The summed E-state index contributed by atoms with van der Waals surface area (Å²) in [5.41, 5.74) is 2.13. The molecule has 0 saturated carbocycles. The maximum atomic E-state index is 12.6. The minimum absolute atomic E-state index is 0.155. The molecule has 2 aromatic rings. The van der Waals surface area contributed by atoms with Gasteiger partial charge in [0.15, 0.2) is 0 Å². The fourth-order valence-electron chi connectivity index (χ4n) is 3.94. The minimum atomic E-state index is -0.312. The van der Waals surface area contributed by atoms with Crippen LogP contribution in [0, 0.1) is 17.8 Å². The second kappa shape index (κ2) is 5.57. The molecule has 1 N–H and O–H groups in total. The SMILES string of the molecule is C#Cc1cc(OC)c2c(C(=O)OCC34CCN(CC3)C4)c[nH]c2c1. The Morgan fingerprint density at radius 1 is 1.42 bits per heavy atom. The van der Waals surface area contributed by atoms with Gasteiger partial charge in [-0.15, -0.1) is 6.42 Å². The highest BCUT2D eigenvalue weighted by Gasteiger charge is 2.44. The lowest BCUT2D eigenvalue weighted by molar-refractivity contribution is 0.0326. The first-order valence-corrected chi connectivity index (χ1v) is 8.19. The fourth-order valence-corrected chi connectivity index (χ4v) is 3.94. The first-order chi connectivity index (χ1) is 11.6. The van der Waals surface area contributed by atoms with Crippen molar-refractivity contribution in [1.82, 2.24) is 9.88 Å². The van der Waals surface area contributed by atoms with Crippen molar-refractivity contribution < 1.29 is 14.3 Å². The second-order valence-corrected chi connectivity index (χ2v) is 6.80. The molecule has 2 fully saturated rings. The summed E-state index contributed by atoms with van der Waals surface area (Å²) >= 11 is 0. The van der Waals surface area contributed by atoms with E-state index in [0.29, 0.717) is 23.5 Å². The number of aromatic amines is 1. The number of aromatic nitrogens is 1. The summed E-state index contributed by atoms with van der Waals surface area (Å²) in [6.45, 7) is 3.77. The second-order valence-electron chi connectivity index (χ2n) is 6.80. The highest BCUT2D eigenvalue weighted by Crippen LogP contribution is 2.41. The lowest BCUT2D eigenvalue weighted by atomic mass is 9.86. The Morgan fingerprint density at radius 3 is 2.83 bits per heavy atom. The van der Waals surface area contributed by atoms with Gasteiger partial charge in [0, 0.05) is 23.7 Å². The predicted octanol–water partition coefficient (Wildman–Crippen LogP) is 2.41. The molecular weight excluding hydrogens is 304 g/mol. The predicted molar refractivity (Wildman–Crippen MR) is 91.2 cm³/mol. The number of carbonyl (C=O) groups excluding carboxylic acids is 1. The number of nitrogens with one attached hydrogen (secondary N) is 1. The van der Waals surface area contributed by atoms with Crippen LogP contribution in [0.2, 0.25) is 0 Å². The molecule has 2 saturated heterocycles. The average Bonchev–Trinajstić information content (AvgIpc) is 3.32. The lowest BCUT2D eigenvalue weighted by Crippen LogP contribution is -2.27. The molecule has 5 nitrogen and oxygen atoms in total. The Hall–Kier alpha value is -2.45. The number of carbonyl (C=O) groups is 1. The van der Waals surface area contributed by atoms with Gasteiger partial charge in [0.1, 0.15) is 5.75 Å². The Labute approximate surface area is 140 Å². The van der Waals surface area contributed by atoms with E-state index in [4.69, 9.17) is 15.9 Å². The number of H-pyrrole nitrogens is 1. The van der Waals surface area contributed by atoms with Gasteiger partial charge < -0.3 is 19.4 Å². The van der Waals surface area contributed by atoms with E-state index in [2.05, 4.69) is 15.8 Å². The Bertz CT molecular complexity index is 838. The molecule has 0 unspecified atom stereocenters. The van der Waals surface area contributed by atoms with Crippen molar-refractivity contribution >= 4 is 16.9 Å². The van der Waals surface area contributed by atoms with Crippen LogP contribution < -0.4 is 4.74 Å². The van der Waals surface area contributed by atoms with Crippen LogP contribution in [-0.4, -0.2) is 49.2 Å². The number of piperidine rings is 1. The third kappa shape index (κ3) is 2.35. The van der Waals surface area contributed by atoms with Gasteiger partial charge in [0.25, 0.3) is 0 Å². The monoisotopic (exact) mass is 324 g/mol. The van der Waals surface area contributed by atoms with Gasteiger partial charge in [-0.25, -0.2) is 4.79 Å². The van der Waals surface area contributed by atoms with Crippen molar-refractivity contribution in [3.63, 3.8) is 0 Å². The first kappa shape index (κ1) is 15.1. The van der Waals surface area contributed by atoms with Crippen molar-refractivity contribution in [2.45, 2.75) is 12.8 Å². The average molecular weight is 324 g/mol. The zero-order valence-electron chi connectivity index (χ0n) is 13.7. The number of rotatable bonds is 4. The Morgan fingerprint density at radius 2 is 2.21 bits per heavy atom. The maximum Gasteiger partial charge on any atom is 0.340 e. The van der Waals surface area contributed by atoms with Gasteiger partial charge in [-0.05, 0) is 38.1 Å². The van der Waals surface area contributed by atoms with E-state index in [-0.39, 0.29) is 11.4 Å². The van der Waals surface area contributed by atoms with Crippen LogP contribution in [0.4, 0.5) is 0 Å². The molecule has 1 aromatic heterocycles. The number of fused-ring (bicyclic) bond motifs is 3. The molecular formula is C19H20N2O3. The number of terminal acetylenes is 1. The van der Waals surface area contributed by atoms with Gasteiger partial charge in [-0.1, -0.05) is 5.92 Å². The quantitative estimate of drug-likeness (QED) is 0.693. The van der Waals surface area contributed by atoms with Gasteiger partial charge in [-0.2, -0.15) is 0 Å². The standard InChI is InChI=1S/C19H20N2O3/c1-3-13-8-15-17(16(9-13)23-2)14(10-20-15)18(22)24-12-19-4-6-21(11-19)7-5-19/h1,8-10,20H,4-7,11-12H2,2H3. The van der Waals surface area contributed by atoms with E-state index < -0.39 is 0 Å². The van der Waals surface area contributed by atoms with Gasteiger partial charge in [0.2, 0.25) is 0 Å². The van der Waals surface area contributed by atoms with Crippen LogP contribution in [0.25, 0.3) is 10.9 Å². The summed E-state index contributed by atoms with van der Waals surface area (Å²) in [4.78, 5) is 18.1. The van der Waals surface area contributed by atoms with Gasteiger partial charge in [-0.3, -0.25) is 0 Å². The number of esters is 1. The molecule has 2 aliphatic rings. The molecule has 4 rings (SSSR count). The highest BCUT2D eigenvalue weighted by molar-refractivity contribution is 6.07. The summed E-state index contributed by atoms with van der Waals surface area (Å²) < 4.78 is 11.1. The van der Waals surface area contributed by atoms with Crippen LogP contribution in [0.3, 0.4) is 0 Å². The molecule has 0 atom stereocenters. The van der Waals surface area contributed by atoms with E-state index in [1.165, 1.54) is 0 Å². The molecule has 0 amide bonds. The molecule has 124 valence electrons. The third-order valence-corrected chi connectivity index (χ3v) is 5.34. The smallest absolute Gasteiger partial charge is 0.340 e. The highest BCUT2D eigenvalue weighted by atomic mass is 16.5. The summed E-state index contributed by atoms with van der Waals surface area (Å²) in [7, 11) is 1.57. The zero-order chi connectivity index (χ0) is 16.7. The molecule has 1 aromatic carbocycles. The first-order valence-electron chi connectivity index (χ1n) is 8.19. The number of benzene rings is 1. The number of ether oxygens (including phenoxy) is 2. The largest absolute Gasteiger partial charge is 0.496 e. The third-order valence-electron chi connectivity index (χ3n) is 5.34. The van der Waals surface area contributed by atoms with E-state index in [0.717, 1.165) is 43.4 Å². The lowest BCUT2D eigenvalue weighted by Gasteiger charge is -2.24. The van der Waals surface area contributed by atoms with Crippen molar-refractivity contribution in [3.8, 4) is 18.1 Å². The number of hydrogen-bond acceptors (Lipinski definition) is 4. The molecule has 2 bridgehead atoms. The topological polar surface area (TPSA) is 54.6 Å². The molecule has 2 aliphatic heterocycles. The molecule has 0 radical (unpaired) electrons. The van der Waals surface area contributed by atoms with Crippen molar-refractivity contribution in [2.24, 2.45) is 5.41 Å². The fraction of sp³-hybridized carbons (Fsp3) is 0.421. The molecule has 5 heteroatoms. The van der Waals surface area contributed by atoms with Gasteiger partial charge >= 0.3 is 5.97 Å². The van der Waals surface area contributed by atoms with Crippen molar-refractivity contribution in [2.75, 3.05) is 33.4 Å². The van der Waals surface area contributed by atoms with E-state index in [9.17, 15) is 4.79 Å². The van der Waals surface area contributed by atoms with E-state index in [1.807, 2.05) is 6.07 Å². The molecule has 0 aliphatic carbocycles. The van der Waals surface area contributed by atoms with E-state index >= 15 is 0 Å². The van der Waals surface area contributed by atoms with Crippen molar-refractivity contribution in [1.29, 1.82) is 0 Å². The number of methoxy groups -OCH3 is 1. The summed E-state index contributed by atoms with van der Waals surface area (Å²) in [5.74, 6) is 2.86. The minimum Gasteiger partial charge on any atom is -0.496 e. The molecule has 24 heavy (non-hydrogen) atoms. The normalized spacial score (nSPS) is 24.9. The zero-order valence-corrected chi connectivity index (χ0v) is 13.7.